The van der Waals surface area contributed by atoms with Gasteiger partial charge in [0.2, 0.25) is 5.95 Å². The molecule has 1 heterocycles. The Balaban J connectivity index is 1.72. The van der Waals surface area contributed by atoms with Crippen molar-refractivity contribution >= 4 is 5.95 Å². The molecule has 0 spiro atoms. The van der Waals surface area contributed by atoms with E-state index in [2.05, 4.69) is 21.1 Å². The van der Waals surface area contributed by atoms with Gasteiger partial charge in [-0.2, -0.15) is 0 Å². The fourth-order valence-corrected chi connectivity index (χ4v) is 2.76. The number of aromatic nitrogens is 2. The van der Waals surface area contributed by atoms with Gasteiger partial charge in [0.1, 0.15) is 0 Å². The van der Waals surface area contributed by atoms with Gasteiger partial charge >= 0.3 is 0 Å². The molecular weight excluding hydrogens is 238 g/mol. The molecule has 4 nitrogen and oxygen atoms in total. The van der Waals surface area contributed by atoms with Gasteiger partial charge in [0.05, 0.1) is 0 Å². The normalized spacial score (nSPS) is 16.7. The standard InChI is InChI=1S/C15H27N3O/c1-2-19-12-6-10-18-11-9-16-15(18)17-13-14-7-4-3-5-8-14/h9,11,14H,2-8,10,12-13H2,1H3,(H,16,17). The predicted molar refractivity (Wildman–Crippen MR) is 78.4 cm³/mol. The number of anilines is 1. The maximum atomic E-state index is 5.37. The summed E-state index contributed by atoms with van der Waals surface area (Å²) in [5.74, 6) is 1.85. The second kappa shape index (κ2) is 8.20. The molecule has 0 unspecified atom stereocenters. The Morgan fingerprint density at radius 1 is 1.37 bits per heavy atom. The van der Waals surface area contributed by atoms with Crippen LogP contribution in [0, 0.1) is 5.92 Å². The van der Waals surface area contributed by atoms with Crippen LogP contribution in [0.2, 0.25) is 0 Å². The molecule has 1 N–H and O–H groups in total. The second-order valence-corrected chi connectivity index (χ2v) is 5.38. The fourth-order valence-electron chi connectivity index (χ4n) is 2.76. The molecule has 0 bridgehead atoms. The predicted octanol–water partition coefficient (Wildman–Crippen LogP) is 3.30. The van der Waals surface area contributed by atoms with E-state index in [0.29, 0.717) is 0 Å². The number of ether oxygens (including phenoxy) is 1. The Bertz CT molecular complexity index is 345. The molecule has 0 radical (unpaired) electrons. The van der Waals surface area contributed by atoms with Gasteiger partial charge in [0.25, 0.3) is 0 Å². The first-order valence-electron chi connectivity index (χ1n) is 7.73. The summed E-state index contributed by atoms with van der Waals surface area (Å²) in [4.78, 5) is 4.41. The molecule has 1 aliphatic carbocycles. The monoisotopic (exact) mass is 265 g/mol. The van der Waals surface area contributed by atoms with Crippen LogP contribution in [0.5, 0.6) is 0 Å². The number of hydrogen-bond acceptors (Lipinski definition) is 3. The Hall–Kier alpha value is -1.03. The summed E-state index contributed by atoms with van der Waals surface area (Å²) in [5.41, 5.74) is 0. The number of aryl methyl sites for hydroxylation is 1. The van der Waals surface area contributed by atoms with Gasteiger partial charge in [-0.3, -0.25) is 0 Å². The van der Waals surface area contributed by atoms with E-state index in [0.717, 1.165) is 44.6 Å². The number of nitrogens with zero attached hydrogens (tertiary/aromatic N) is 2. The molecule has 0 aromatic carbocycles. The van der Waals surface area contributed by atoms with Crippen molar-refractivity contribution in [1.82, 2.24) is 9.55 Å². The van der Waals surface area contributed by atoms with Gasteiger partial charge in [-0.15, -0.1) is 0 Å². The van der Waals surface area contributed by atoms with Crippen LogP contribution in [0.1, 0.15) is 45.4 Å². The van der Waals surface area contributed by atoms with Gasteiger partial charge < -0.3 is 14.6 Å². The molecule has 1 aromatic rings. The molecule has 1 saturated carbocycles. The number of nitrogens with one attached hydrogen (secondary N) is 1. The summed E-state index contributed by atoms with van der Waals surface area (Å²) >= 11 is 0. The molecule has 19 heavy (non-hydrogen) atoms. The van der Waals surface area contributed by atoms with Crippen LogP contribution < -0.4 is 5.32 Å². The number of imidazole rings is 1. The molecule has 1 fully saturated rings. The Morgan fingerprint density at radius 2 is 2.21 bits per heavy atom. The summed E-state index contributed by atoms with van der Waals surface area (Å²) in [6, 6.07) is 0. The van der Waals surface area contributed by atoms with Crippen molar-refractivity contribution in [3.05, 3.63) is 12.4 Å². The number of hydrogen-bond donors (Lipinski definition) is 1. The van der Waals surface area contributed by atoms with Crippen LogP contribution in [0.3, 0.4) is 0 Å². The smallest absolute Gasteiger partial charge is 0.202 e. The van der Waals surface area contributed by atoms with E-state index in [-0.39, 0.29) is 0 Å². The van der Waals surface area contributed by atoms with Crippen molar-refractivity contribution in [2.45, 2.75) is 52.0 Å². The third-order valence-electron chi connectivity index (χ3n) is 3.88. The van der Waals surface area contributed by atoms with E-state index in [1.165, 1.54) is 32.1 Å². The van der Waals surface area contributed by atoms with Crippen molar-refractivity contribution in [2.24, 2.45) is 5.92 Å². The molecule has 1 aliphatic rings. The van der Waals surface area contributed by atoms with E-state index in [4.69, 9.17) is 4.74 Å². The first kappa shape index (κ1) is 14.4. The Morgan fingerprint density at radius 3 is 3.00 bits per heavy atom. The maximum Gasteiger partial charge on any atom is 0.202 e. The summed E-state index contributed by atoms with van der Waals surface area (Å²) in [7, 11) is 0. The minimum absolute atomic E-state index is 0.802. The van der Waals surface area contributed by atoms with Gasteiger partial charge in [-0.25, -0.2) is 4.98 Å². The van der Waals surface area contributed by atoms with Crippen LogP contribution in [-0.2, 0) is 11.3 Å². The highest BCUT2D eigenvalue weighted by Gasteiger charge is 2.13. The highest BCUT2D eigenvalue weighted by molar-refractivity contribution is 5.25. The molecule has 1 aromatic heterocycles. The molecular formula is C15H27N3O. The highest BCUT2D eigenvalue weighted by Crippen LogP contribution is 2.23. The minimum Gasteiger partial charge on any atom is -0.382 e. The zero-order valence-corrected chi connectivity index (χ0v) is 12.1. The zero-order chi connectivity index (χ0) is 13.3. The molecule has 2 rings (SSSR count). The van der Waals surface area contributed by atoms with Crippen molar-refractivity contribution in [1.29, 1.82) is 0 Å². The average molecular weight is 265 g/mol. The summed E-state index contributed by atoms with van der Waals surface area (Å²) in [5, 5.41) is 3.51. The van der Waals surface area contributed by atoms with Gasteiger partial charge in [-0.05, 0) is 32.1 Å². The summed E-state index contributed by atoms with van der Waals surface area (Å²) in [6.45, 7) is 5.72. The lowest BCUT2D eigenvalue weighted by molar-refractivity contribution is 0.142. The van der Waals surface area contributed by atoms with Crippen molar-refractivity contribution < 1.29 is 4.74 Å². The van der Waals surface area contributed by atoms with Crippen LogP contribution in [0.4, 0.5) is 5.95 Å². The van der Waals surface area contributed by atoms with Gasteiger partial charge in [-0.1, -0.05) is 19.3 Å². The van der Waals surface area contributed by atoms with Crippen molar-refractivity contribution in [2.75, 3.05) is 25.1 Å². The Kier molecular flexibility index (Phi) is 6.21. The third kappa shape index (κ3) is 4.86. The SMILES string of the molecule is CCOCCCn1ccnc1NCC1CCCCC1. The minimum atomic E-state index is 0.802. The van der Waals surface area contributed by atoms with Crippen LogP contribution in [0.25, 0.3) is 0 Å². The third-order valence-corrected chi connectivity index (χ3v) is 3.88. The number of rotatable bonds is 8. The van der Waals surface area contributed by atoms with Crippen molar-refractivity contribution in [3.63, 3.8) is 0 Å². The lowest BCUT2D eigenvalue weighted by Gasteiger charge is -2.22. The fraction of sp³-hybridized carbons (Fsp3) is 0.800. The largest absolute Gasteiger partial charge is 0.382 e. The van der Waals surface area contributed by atoms with E-state index in [1.54, 1.807) is 0 Å². The molecule has 0 saturated heterocycles. The topological polar surface area (TPSA) is 39.1 Å². The van der Waals surface area contributed by atoms with E-state index in [9.17, 15) is 0 Å². The van der Waals surface area contributed by atoms with Crippen molar-refractivity contribution in [3.8, 4) is 0 Å². The average Bonchev–Trinajstić information content (AvgIpc) is 2.90. The molecule has 108 valence electrons. The molecule has 0 atom stereocenters. The quantitative estimate of drug-likeness (QED) is 0.733. The first-order valence-corrected chi connectivity index (χ1v) is 7.73. The zero-order valence-electron chi connectivity index (χ0n) is 12.1. The van der Waals surface area contributed by atoms with Crippen LogP contribution in [-0.4, -0.2) is 29.3 Å². The summed E-state index contributed by atoms with van der Waals surface area (Å²) < 4.78 is 7.57. The van der Waals surface area contributed by atoms with Gasteiger partial charge in [0.15, 0.2) is 0 Å². The first-order chi connectivity index (χ1) is 9.40. The van der Waals surface area contributed by atoms with Crippen LogP contribution >= 0.6 is 0 Å². The van der Waals surface area contributed by atoms with Crippen LogP contribution in [0.15, 0.2) is 12.4 Å². The molecule has 0 aliphatic heterocycles. The lowest BCUT2D eigenvalue weighted by atomic mass is 9.89. The molecule has 4 heteroatoms. The maximum absolute atomic E-state index is 5.37. The lowest BCUT2D eigenvalue weighted by Crippen LogP contribution is -2.19. The van der Waals surface area contributed by atoms with E-state index >= 15 is 0 Å². The summed E-state index contributed by atoms with van der Waals surface area (Å²) in [6.07, 6.45) is 11.9. The molecule has 0 amide bonds. The highest BCUT2D eigenvalue weighted by atomic mass is 16.5. The Labute approximate surface area is 116 Å². The second-order valence-electron chi connectivity index (χ2n) is 5.38. The van der Waals surface area contributed by atoms with Gasteiger partial charge in [0, 0.05) is 38.7 Å². The van der Waals surface area contributed by atoms with E-state index in [1.807, 2.05) is 13.1 Å². The van der Waals surface area contributed by atoms with E-state index < -0.39 is 0 Å².